The van der Waals surface area contributed by atoms with Crippen molar-refractivity contribution < 1.29 is 9.21 Å². The molecule has 0 bridgehead atoms. The summed E-state index contributed by atoms with van der Waals surface area (Å²) >= 11 is 0. The van der Waals surface area contributed by atoms with Gasteiger partial charge in [0.15, 0.2) is 12.0 Å². The van der Waals surface area contributed by atoms with Crippen molar-refractivity contribution in [2.24, 2.45) is 7.05 Å². The van der Waals surface area contributed by atoms with E-state index in [4.69, 9.17) is 4.42 Å². The lowest BCUT2D eigenvalue weighted by molar-refractivity contribution is 0.110. The van der Waals surface area contributed by atoms with Gasteiger partial charge in [-0.1, -0.05) is 0 Å². The molecule has 2 rings (SSSR count). The molecule has 0 amide bonds. The number of carbonyl (C=O) groups excluding carboxylic acids is 1. The second kappa shape index (κ2) is 2.90. The molecule has 0 aromatic carbocycles. The van der Waals surface area contributed by atoms with E-state index in [1.54, 1.807) is 10.7 Å². The van der Waals surface area contributed by atoms with Crippen molar-refractivity contribution in [1.82, 2.24) is 9.78 Å². The fraction of sp³-hybridized carbons (Fsp3) is 0.111. The maximum Gasteiger partial charge on any atom is 0.186 e. The maximum absolute atomic E-state index is 10.5. The smallest absolute Gasteiger partial charge is 0.186 e. The zero-order valence-electron chi connectivity index (χ0n) is 7.10. The number of furan rings is 1. The van der Waals surface area contributed by atoms with Crippen LogP contribution in [0.5, 0.6) is 0 Å². The van der Waals surface area contributed by atoms with Crippen molar-refractivity contribution in [3.05, 3.63) is 30.4 Å². The highest BCUT2D eigenvalue weighted by Crippen LogP contribution is 2.21. The molecule has 0 aliphatic carbocycles. The monoisotopic (exact) mass is 176 g/mol. The minimum Gasteiger partial charge on any atom is -0.461 e. The Balaban J connectivity index is 2.51. The van der Waals surface area contributed by atoms with Crippen LogP contribution < -0.4 is 0 Å². The lowest BCUT2D eigenvalue weighted by atomic mass is 10.2. The van der Waals surface area contributed by atoms with Crippen LogP contribution in [0.1, 0.15) is 10.6 Å². The lowest BCUT2D eigenvalue weighted by Gasteiger charge is -1.90. The maximum atomic E-state index is 10.5. The molecule has 0 unspecified atom stereocenters. The number of hydrogen-bond acceptors (Lipinski definition) is 3. The van der Waals surface area contributed by atoms with Gasteiger partial charge in [0.1, 0.15) is 0 Å². The minimum atomic E-state index is 0.318. The summed E-state index contributed by atoms with van der Waals surface area (Å²) in [5, 5.41) is 4.16. The molecule has 0 aliphatic heterocycles. The summed E-state index contributed by atoms with van der Waals surface area (Å²) in [5.74, 6) is 0.318. The number of aryl methyl sites for hydroxylation is 1. The molecule has 0 atom stereocenters. The topological polar surface area (TPSA) is 48.0 Å². The first-order chi connectivity index (χ1) is 6.31. The molecular formula is C9H8N2O2. The molecule has 2 aromatic heterocycles. The van der Waals surface area contributed by atoms with Crippen molar-refractivity contribution in [2.75, 3.05) is 0 Å². The summed E-state index contributed by atoms with van der Waals surface area (Å²) in [6.45, 7) is 0. The fourth-order valence-electron chi connectivity index (χ4n) is 1.18. The van der Waals surface area contributed by atoms with Gasteiger partial charge in [0.05, 0.1) is 17.5 Å². The number of hydrogen-bond donors (Lipinski definition) is 0. The van der Waals surface area contributed by atoms with Crippen LogP contribution in [0, 0.1) is 0 Å². The minimum absolute atomic E-state index is 0.318. The van der Waals surface area contributed by atoms with Crippen LogP contribution in [0.2, 0.25) is 0 Å². The van der Waals surface area contributed by atoms with Gasteiger partial charge in [0.25, 0.3) is 0 Å². The van der Waals surface area contributed by atoms with E-state index in [-0.39, 0.29) is 0 Å². The summed E-state index contributed by atoms with van der Waals surface area (Å²) < 4.78 is 6.64. The summed E-state index contributed by atoms with van der Waals surface area (Å²) in [7, 11) is 1.82. The predicted octanol–water partition coefficient (Wildman–Crippen LogP) is 1.49. The molecule has 2 heterocycles. The summed E-state index contributed by atoms with van der Waals surface area (Å²) in [6.07, 6.45) is 3.98. The molecule has 66 valence electrons. The average Bonchev–Trinajstić information content (AvgIpc) is 2.71. The molecule has 4 nitrogen and oxygen atoms in total. The first-order valence-electron chi connectivity index (χ1n) is 3.84. The van der Waals surface area contributed by atoms with Crippen LogP contribution in [-0.2, 0) is 7.05 Å². The van der Waals surface area contributed by atoms with E-state index in [1.807, 2.05) is 19.3 Å². The van der Waals surface area contributed by atoms with Gasteiger partial charge >= 0.3 is 0 Å². The highest BCUT2D eigenvalue weighted by molar-refractivity contribution is 5.82. The van der Waals surface area contributed by atoms with E-state index in [9.17, 15) is 4.79 Å². The Morgan fingerprint density at radius 3 is 3.00 bits per heavy atom. The molecule has 0 aliphatic rings. The first kappa shape index (κ1) is 7.79. The van der Waals surface area contributed by atoms with E-state index in [1.165, 1.54) is 6.26 Å². The van der Waals surface area contributed by atoms with Gasteiger partial charge in [-0.15, -0.1) is 0 Å². The molecule has 0 N–H and O–H groups in total. The van der Waals surface area contributed by atoms with Crippen LogP contribution in [0.3, 0.4) is 0 Å². The molecule has 2 aromatic rings. The molecule has 4 heteroatoms. The summed E-state index contributed by atoms with van der Waals surface area (Å²) in [5.41, 5.74) is 1.48. The van der Waals surface area contributed by atoms with Crippen LogP contribution in [0.25, 0.3) is 11.3 Å². The SMILES string of the molecule is Cn1ccc(-c2ccoc2C=O)n1. The largest absolute Gasteiger partial charge is 0.461 e. The number of aromatic nitrogens is 2. The first-order valence-corrected chi connectivity index (χ1v) is 3.84. The van der Waals surface area contributed by atoms with Crippen molar-refractivity contribution in [3.8, 4) is 11.3 Å². The number of aldehydes is 1. The van der Waals surface area contributed by atoms with Crippen molar-refractivity contribution in [2.45, 2.75) is 0 Å². The third kappa shape index (κ3) is 1.26. The standard InChI is InChI=1S/C9H8N2O2/c1-11-4-2-8(10-11)7-3-5-13-9(7)6-12/h2-6H,1H3. The number of carbonyl (C=O) groups is 1. The normalized spacial score (nSPS) is 10.2. The summed E-state index contributed by atoms with van der Waals surface area (Å²) in [6, 6.07) is 3.56. The third-order valence-corrected chi connectivity index (χ3v) is 1.79. The Morgan fingerprint density at radius 2 is 2.38 bits per heavy atom. The van der Waals surface area contributed by atoms with Gasteiger partial charge in [0.2, 0.25) is 0 Å². The van der Waals surface area contributed by atoms with Gasteiger partial charge < -0.3 is 4.42 Å². The van der Waals surface area contributed by atoms with Crippen LogP contribution in [0.4, 0.5) is 0 Å². The fourth-order valence-corrected chi connectivity index (χ4v) is 1.18. The van der Waals surface area contributed by atoms with Gasteiger partial charge in [-0.2, -0.15) is 5.10 Å². The van der Waals surface area contributed by atoms with E-state index in [2.05, 4.69) is 5.10 Å². The van der Waals surface area contributed by atoms with E-state index in [0.29, 0.717) is 12.0 Å². The Kier molecular flexibility index (Phi) is 1.73. The third-order valence-electron chi connectivity index (χ3n) is 1.79. The van der Waals surface area contributed by atoms with Crippen LogP contribution in [-0.4, -0.2) is 16.1 Å². The highest BCUT2D eigenvalue weighted by atomic mass is 16.3. The number of nitrogens with zero attached hydrogens (tertiary/aromatic N) is 2. The van der Waals surface area contributed by atoms with E-state index in [0.717, 1.165) is 11.3 Å². The molecule has 0 fully saturated rings. The van der Waals surface area contributed by atoms with Crippen molar-refractivity contribution >= 4 is 6.29 Å². The Hall–Kier alpha value is -1.84. The van der Waals surface area contributed by atoms with E-state index < -0.39 is 0 Å². The zero-order chi connectivity index (χ0) is 9.26. The molecule has 0 spiro atoms. The van der Waals surface area contributed by atoms with Crippen molar-refractivity contribution in [3.63, 3.8) is 0 Å². The lowest BCUT2D eigenvalue weighted by Crippen LogP contribution is -1.88. The molecular weight excluding hydrogens is 168 g/mol. The van der Waals surface area contributed by atoms with Gasteiger partial charge in [-0.25, -0.2) is 0 Å². The molecule has 0 radical (unpaired) electrons. The Labute approximate surface area is 74.8 Å². The Morgan fingerprint density at radius 1 is 1.54 bits per heavy atom. The molecule has 0 saturated heterocycles. The highest BCUT2D eigenvalue weighted by Gasteiger charge is 2.09. The number of rotatable bonds is 2. The quantitative estimate of drug-likeness (QED) is 0.651. The zero-order valence-corrected chi connectivity index (χ0v) is 7.10. The second-order valence-corrected chi connectivity index (χ2v) is 2.69. The second-order valence-electron chi connectivity index (χ2n) is 2.69. The molecule has 13 heavy (non-hydrogen) atoms. The van der Waals surface area contributed by atoms with Crippen molar-refractivity contribution in [1.29, 1.82) is 0 Å². The van der Waals surface area contributed by atoms with Gasteiger partial charge in [-0.05, 0) is 12.1 Å². The average molecular weight is 176 g/mol. The van der Waals surface area contributed by atoms with Crippen LogP contribution in [0.15, 0.2) is 29.0 Å². The summed E-state index contributed by atoms with van der Waals surface area (Å²) in [4.78, 5) is 10.5. The van der Waals surface area contributed by atoms with E-state index >= 15 is 0 Å². The van der Waals surface area contributed by atoms with Gasteiger partial charge in [-0.3, -0.25) is 9.48 Å². The predicted molar refractivity (Wildman–Crippen MR) is 46.3 cm³/mol. The Bertz CT molecular complexity index is 428. The van der Waals surface area contributed by atoms with Crippen LogP contribution >= 0.6 is 0 Å². The molecule has 0 saturated carbocycles. The van der Waals surface area contributed by atoms with Gasteiger partial charge in [0, 0.05) is 13.2 Å².